The zero-order chi connectivity index (χ0) is 14.5. The van der Waals surface area contributed by atoms with Gasteiger partial charge in [-0.15, -0.1) is 0 Å². The van der Waals surface area contributed by atoms with Gasteiger partial charge in [0.25, 0.3) is 5.69 Å². The monoisotopic (exact) mass is 269 g/mol. The summed E-state index contributed by atoms with van der Waals surface area (Å²) in [5.41, 5.74) is 7.02. The maximum atomic E-state index is 10.7. The van der Waals surface area contributed by atoms with Gasteiger partial charge in [-0.05, 0) is 18.2 Å². The number of nitriles is 1. The van der Waals surface area contributed by atoms with Crippen LogP contribution in [0.3, 0.4) is 0 Å². The zero-order valence-electron chi connectivity index (χ0n) is 10.4. The van der Waals surface area contributed by atoms with E-state index in [9.17, 15) is 10.1 Å². The van der Waals surface area contributed by atoms with E-state index < -0.39 is 4.92 Å². The number of hydrogen-bond donors (Lipinski definition) is 1. The van der Waals surface area contributed by atoms with Gasteiger partial charge in [0, 0.05) is 23.4 Å². The van der Waals surface area contributed by atoms with Gasteiger partial charge in [-0.2, -0.15) is 5.26 Å². The van der Waals surface area contributed by atoms with Gasteiger partial charge in [-0.1, -0.05) is 12.1 Å². The molecule has 6 nitrogen and oxygen atoms in total. The largest absolute Gasteiger partial charge is 0.487 e. The SMILES string of the molecule is N#Cc1ccccc1OCc1cc([N+](=O)[O-])ccc1N. The van der Waals surface area contributed by atoms with E-state index >= 15 is 0 Å². The number of hydrogen-bond acceptors (Lipinski definition) is 5. The number of nitro groups is 1. The first-order valence-corrected chi connectivity index (χ1v) is 5.76. The molecule has 0 atom stereocenters. The number of nitrogen functional groups attached to an aromatic ring is 1. The van der Waals surface area contributed by atoms with Crippen LogP contribution in [0.25, 0.3) is 0 Å². The van der Waals surface area contributed by atoms with Crippen molar-refractivity contribution in [2.24, 2.45) is 0 Å². The molecule has 0 aliphatic rings. The molecule has 0 heterocycles. The van der Waals surface area contributed by atoms with Crippen LogP contribution in [0.2, 0.25) is 0 Å². The molecule has 2 rings (SSSR count). The molecule has 100 valence electrons. The molecule has 0 bridgehead atoms. The second kappa shape index (κ2) is 5.71. The molecule has 0 fully saturated rings. The second-order valence-corrected chi connectivity index (χ2v) is 4.04. The summed E-state index contributed by atoms with van der Waals surface area (Å²) < 4.78 is 5.50. The molecule has 0 amide bonds. The Kier molecular flexibility index (Phi) is 3.82. The predicted molar refractivity (Wildman–Crippen MR) is 73.0 cm³/mol. The quantitative estimate of drug-likeness (QED) is 0.522. The number of ether oxygens (including phenoxy) is 1. The molecule has 0 aliphatic heterocycles. The number of nitrogens with zero attached hydrogens (tertiary/aromatic N) is 2. The highest BCUT2D eigenvalue weighted by molar-refractivity contribution is 5.52. The van der Waals surface area contributed by atoms with Crippen molar-refractivity contribution in [3.8, 4) is 11.8 Å². The summed E-state index contributed by atoms with van der Waals surface area (Å²) >= 11 is 0. The maximum Gasteiger partial charge on any atom is 0.269 e. The first-order valence-electron chi connectivity index (χ1n) is 5.76. The van der Waals surface area contributed by atoms with Gasteiger partial charge in [0.2, 0.25) is 0 Å². The molecular weight excluding hydrogens is 258 g/mol. The Bertz CT molecular complexity index is 692. The Balaban J connectivity index is 2.21. The first-order chi connectivity index (χ1) is 9.61. The van der Waals surface area contributed by atoms with Crippen LogP contribution in [0.4, 0.5) is 11.4 Å². The van der Waals surface area contributed by atoms with E-state index in [4.69, 9.17) is 15.7 Å². The van der Waals surface area contributed by atoms with Crippen molar-refractivity contribution in [3.63, 3.8) is 0 Å². The molecule has 0 unspecified atom stereocenters. The van der Waals surface area contributed by atoms with Crippen LogP contribution in [0.1, 0.15) is 11.1 Å². The topological polar surface area (TPSA) is 102 Å². The minimum absolute atomic E-state index is 0.0497. The molecule has 6 heteroatoms. The molecule has 2 aromatic carbocycles. The van der Waals surface area contributed by atoms with Crippen molar-refractivity contribution in [3.05, 3.63) is 63.7 Å². The summed E-state index contributed by atoms with van der Waals surface area (Å²) in [6, 6.07) is 12.9. The van der Waals surface area contributed by atoms with Crippen LogP contribution >= 0.6 is 0 Å². The molecule has 0 saturated heterocycles. The summed E-state index contributed by atoms with van der Waals surface area (Å²) in [5.74, 6) is 0.418. The third-order valence-corrected chi connectivity index (χ3v) is 2.73. The Morgan fingerprint density at radius 1 is 1.30 bits per heavy atom. The van der Waals surface area contributed by atoms with E-state index in [0.717, 1.165) is 0 Å². The average molecular weight is 269 g/mol. The van der Waals surface area contributed by atoms with E-state index in [2.05, 4.69) is 0 Å². The van der Waals surface area contributed by atoms with Crippen molar-refractivity contribution >= 4 is 11.4 Å². The van der Waals surface area contributed by atoms with Gasteiger partial charge < -0.3 is 10.5 Å². The van der Waals surface area contributed by atoms with E-state index in [1.54, 1.807) is 24.3 Å². The van der Waals surface area contributed by atoms with Gasteiger partial charge >= 0.3 is 0 Å². The summed E-state index contributed by atoms with van der Waals surface area (Å²) in [6.45, 7) is 0.0617. The lowest BCUT2D eigenvalue weighted by molar-refractivity contribution is -0.384. The lowest BCUT2D eigenvalue weighted by Crippen LogP contribution is -2.02. The second-order valence-electron chi connectivity index (χ2n) is 4.04. The number of nitrogens with two attached hydrogens (primary N) is 1. The van der Waals surface area contributed by atoms with Crippen LogP contribution in [0.15, 0.2) is 42.5 Å². The molecule has 0 saturated carbocycles. The highest BCUT2D eigenvalue weighted by Gasteiger charge is 2.10. The van der Waals surface area contributed by atoms with Gasteiger partial charge in [0.15, 0.2) is 0 Å². The molecule has 0 aromatic heterocycles. The van der Waals surface area contributed by atoms with Crippen LogP contribution in [-0.4, -0.2) is 4.92 Å². The van der Waals surface area contributed by atoms with Crippen LogP contribution in [0.5, 0.6) is 5.75 Å². The van der Waals surface area contributed by atoms with E-state index in [1.165, 1.54) is 18.2 Å². The van der Waals surface area contributed by atoms with Crippen molar-refractivity contribution < 1.29 is 9.66 Å². The van der Waals surface area contributed by atoms with Gasteiger partial charge in [-0.3, -0.25) is 10.1 Å². The minimum Gasteiger partial charge on any atom is -0.487 e. The number of rotatable bonds is 4. The molecule has 0 radical (unpaired) electrons. The molecule has 0 spiro atoms. The van der Waals surface area contributed by atoms with Crippen LogP contribution < -0.4 is 10.5 Å². The molecular formula is C14H11N3O3. The van der Waals surface area contributed by atoms with Crippen molar-refractivity contribution in [2.45, 2.75) is 6.61 Å². The Hall–Kier alpha value is -3.07. The fourth-order valence-electron chi connectivity index (χ4n) is 1.67. The number of benzene rings is 2. The fraction of sp³-hybridized carbons (Fsp3) is 0.0714. The third kappa shape index (κ3) is 2.84. The van der Waals surface area contributed by atoms with E-state index in [-0.39, 0.29) is 12.3 Å². The summed E-state index contributed by atoms with van der Waals surface area (Å²) in [5, 5.41) is 19.7. The van der Waals surface area contributed by atoms with Crippen molar-refractivity contribution in [1.82, 2.24) is 0 Å². The lowest BCUT2D eigenvalue weighted by atomic mass is 10.1. The maximum absolute atomic E-state index is 10.7. The first kappa shape index (κ1) is 13.4. The highest BCUT2D eigenvalue weighted by atomic mass is 16.6. The number of anilines is 1. The molecule has 0 aliphatic carbocycles. The average Bonchev–Trinajstić information content (AvgIpc) is 2.46. The zero-order valence-corrected chi connectivity index (χ0v) is 10.4. The smallest absolute Gasteiger partial charge is 0.269 e. The van der Waals surface area contributed by atoms with Crippen molar-refractivity contribution in [2.75, 3.05) is 5.73 Å². The van der Waals surface area contributed by atoms with Crippen molar-refractivity contribution in [1.29, 1.82) is 5.26 Å². The summed E-state index contributed by atoms with van der Waals surface area (Å²) in [6.07, 6.45) is 0. The minimum atomic E-state index is -0.494. The highest BCUT2D eigenvalue weighted by Crippen LogP contribution is 2.23. The van der Waals surface area contributed by atoms with Crippen LogP contribution in [0, 0.1) is 21.4 Å². The summed E-state index contributed by atoms with van der Waals surface area (Å²) in [7, 11) is 0. The Labute approximate surface area is 115 Å². The van der Waals surface area contributed by atoms with E-state index in [1.807, 2.05) is 6.07 Å². The van der Waals surface area contributed by atoms with Gasteiger partial charge in [0.05, 0.1) is 10.5 Å². The standard InChI is InChI=1S/C14H11N3O3/c15-8-10-3-1-2-4-14(10)20-9-11-7-12(17(18)19)5-6-13(11)16/h1-7H,9,16H2. The molecule has 20 heavy (non-hydrogen) atoms. The van der Waals surface area contributed by atoms with Crippen LogP contribution in [-0.2, 0) is 6.61 Å². The van der Waals surface area contributed by atoms with E-state index in [0.29, 0.717) is 22.6 Å². The normalized spacial score (nSPS) is 9.75. The van der Waals surface area contributed by atoms with Gasteiger partial charge in [-0.25, -0.2) is 0 Å². The number of non-ortho nitro benzene ring substituents is 1. The Morgan fingerprint density at radius 2 is 2.05 bits per heavy atom. The lowest BCUT2D eigenvalue weighted by Gasteiger charge is -2.09. The predicted octanol–water partition coefficient (Wildman–Crippen LogP) is 2.63. The molecule has 2 aromatic rings. The third-order valence-electron chi connectivity index (χ3n) is 2.73. The number of nitro benzene ring substituents is 1. The number of para-hydroxylation sites is 1. The fourth-order valence-corrected chi connectivity index (χ4v) is 1.67. The Morgan fingerprint density at radius 3 is 2.75 bits per heavy atom. The summed E-state index contributed by atoms with van der Waals surface area (Å²) in [4.78, 5) is 10.2. The molecule has 2 N–H and O–H groups in total. The van der Waals surface area contributed by atoms with Gasteiger partial charge in [0.1, 0.15) is 18.4 Å².